The van der Waals surface area contributed by atoms with Gasteiger partial charge in [-0.1, -0.05) is 97.1 Å². The molecular formula is C65H80N10O15S2. The summed E-state index contributed by atoms with van der Waals surface area (Å²) >= 11 is 0. The smallest absolute Gasteiger partial charge is 0.407 e. The summed E-state index contributed by atoms with van der Waals surface area (Å²) in [6.07, 6.45) is 4.59. The molecule has 0 saturated carbocycles. The third-order valence-electron chi connectivity index (χ3n) is 14.7. The molecule has 7 aromatic rings. The number of esters is 1. The van der Waals surface area contributed by atoms with E-state index in [0.29, 0.717) is 18.0 Å². The minimum absolute atomic E-state index is 0.00826. The number of sulfonamides is 1. The summed E-state index contributed by atoms with van der Waals surface area (Å²) in [4.78, 5) is 95.8. The second kappa shape index (κ2) is 31.3. The van der Waals surface area contributed by atoms with Crippen molar-refractivity contribution in [3.63, 3.8) is 0 Å². The van der Waals surface area contributed by atoms with Gasteiger partial charge in [0.1, 0.15) is 34.5 Å². The van der Waals surface area contributed by atoms with Gasteiger partial charge in [0, 0.05) is 76.1 Å². The molecule has 0 unspecified atom stereocenters. The Bertz CT molecular complexity index is 3790. The summed E-state index contributed by atoms with van der Waals surface area (Å²) in [6, 6.07) is 35.2. The van der Waals surface area contributed by atoms with Crippen LogP contribution in [0.25, 0.3) is 10.9 Å². The molecule has 0 bridgehead atoms. The van der Waals surface area contributed by atoms with Crippen molar-refractivity contribution >= 4 is 73.4 Å². The molecule has 5 amide bonds. The maximum absolute atomic E-state index is 14.0. The number of aryl methyl sites for hydroxylation is 3. The van der Waals surface area contributed by atoms with Gasteiger partial charge in [0.25, 0.3) is 5.91 Å². The second-order valence-corrected chi connectivity index (χ2v) is 26.3. The number of hydrogen-bond acceptors (Lipinski definition) is 17. The van der Waals surface area contributed by atoms with E-state index in [9.17, 15) is 55.6 Å². The average Bonchev–Trinajstić information content (AvgIpc) is 1.24. The molecule has 25 nitrogen and oxygen atoms in total. The molecule has 3 atom stereocenters. The van der Waals surface area contributed by atoms with E-state index in [-0.39, 0.29) is 78.1 Å². The number of aromatic nitrogens is 3. The lowest BCUT2D eigenvalue weighted by Crippen LogP contribution is -2.51. The summed E-state index contributed by atoms with van der Waals surface area (Å²) in [5.74, 6) is -3.82. The van der Waals surface area contributed by atoms with Crippen molar-refractivity contribution in [3.05, 3.63) is 189 Å². The number of nitrogens with one attached hydrogen (secondary N) is 7. The van der Waals surface area contributed by atoms with Crippen LogP contribution in [0.15, 0.2) is 150 Å². The summed E-state index contributed by atoms with van der Waals surface area (Å²) in [6.45, 7) is 9.37. The molecule has 0 saturated heterocycles. The van der Waals surface area contributed by atoms with Gasteiger partial charge in [-0.05, 0) is 112 Å². The maximum Gasteiger partial charge on any atom is 0.407 e. The molecular weight excluding hydrogens is 1220 g/mol. The molecule has 2 aromatic heterocycles. The van der Waals surface area contributed by atoms with E-state index in [0.717, 1.165) is 29.4 Å². The number of carbonyl (C=O) groups excluding carboxylic acids is 6. The molecule has 10 N–H and O–H groups in total. The van der Waals surface area contributed by atoms with Gasteiger partial charge in [0.15, 0.2) is 0 Å². The summed E-state index contributed by atoms with van der Waals surface area (Å²) in [5, 5.41) is 16.3. The number of ether oxygens (including phenoxy) is 3. The van der Waals surface area contributed by atoms with Crippen LogP contribution in [0, 0.1) is 13.8 Å². The first-order valence-corrected chi connectivity index (χ1v) is 32.8. The third-order valence-corrected chi connectivity index (χ3v) is 17.2. The van der Waals surface area contributed by atoms with Crippen molar-refractivity contribution in [2.45, 2.75) is 108 Å². The van der Waals surface area contributed by atoms with Crippen molar-refractivity contribution in [3.8, 4) is 5.75 Å². The molecule has 492 valence electrons. The van der Waals surface area contributed by atoms with E-state index in [1.807, 2.05) is 66.9 Å². The largest absolute Gasteiger partial charge is 0.494 e. The predicted molar refractivity (Wildman–Crippen MR) is 349 cm³/mol. The van der Waals surface area contributed by atoms with Gasteiger partial charge in [-0.25, -0.2) is 18.2 Å². The van der Waals surface area contributed by atoms with Gasteiger partial charge < -0.3 is 64.3 Å². The Labute approximate surface area is 535 Å². The van der Waals surface area contributed by atoms with Crippen LogP contribution in [0.1, 0.15) is 97.1 Å². The van der Waals surface area contributed by atoms with E-state index in [4.69, 9.17) is 19.2 Å². The molecule has 0 aliphatic carbocycles. The standard InChI is InChI=1S/C65H80N10O15S2/c1-42-35-49(89-34-18-25-55(76)66-30-31-67-60(80)53(41-91(83,84)85)72-56(77)29-26-44(3)71-63(82)90-64(4,5)6)36-43(2)58(42)92(86,87)73-52(61(81)88-8)39-69-59(79)51-40-74(7)54-37-45(27-28-50(54)57(51)78)38-70-62-68-32-33-75(62)65(46-19-12-9-13-20-46,47-21-14-10-15-22-47)48-23-16-11-17-24-48/h9-17,19-24,27-28,32-33,35-37,40,44,52-53,73,83-85H,18,25-26,29-31,34,38-39,41H2,1-8H3,(H,66,76)(H,67,80)(H,68,70)(H,69,79)(H,71,82)(H,72,77)/t44-,52+,53+/m1/s1. The highest BCUT2D eigenvalue weighted by Gasteiger charge is 2.40. The lowest BCUT2D eigenvalue weighted by atomic mass is 9.76. The van der Waals surface area contributed by atoms with E-state index in [1.54, 1.807) is 57.6 Å². The van der Waals surface area contributed by atoms with Crippen LogP contribution >= 0.6 is 10.9 Å². The highest BCUT2D eigenvalue weighted by molar-refractivity contribution is 8.19. The highest BCUT2D eigenvalue weighted by atomic mass is 32.3. The molecule has 7 rings (SSSR count). The van der Waals surface area contributed by atoms with E-state index >= 15 is 0 Å². The second-order valence-electron chi connectivity index (χ2n) is 23.0. The number of carbonyl (C=O) groups is 6. The Kier molecular flexibility index (Phi) is 23.9. The molecule has 0 radical (unpaired) electrons. The lowest BCUT2D eigenvalue weighted by molar-refractivity contribution is -0.142. The zero-order valence-electron chi connectivity index (χ0n) is 52.5. The Morgan fingerprint density at radius 3 is 1.91 bits per heavy atom. The zero-order valence-corrected chi connectivity index (χ0v) is 54.1. The first kappa shape index (κ1) is 70.3. The Morgan fingerprint density at radius 2 is 1.34 bits per heavy atom. The van der Waals surface area contributed by atoms with Gasteiger partial charge in [0.05, 0.1) is 40.8 Å². The number of imidazole rings is 1. The van der Waals surface area contributed by atoms with Crippen LogP contribution in [-0.4, -0.2) is 135 Å². The van der Waals surface area contributed by atoms with Crippen molar-refractivity contribution in [1.82, 2.24) is 45.4 Å². The zero-order chi connectivity index (χ0) is 67.0. The fourth-order valence-corrected chi connectivity index (χ4v) is 12.9. The van der Waals surface area contributed by atoms with Crippen LogP contribution in [0.5, 0.6) is 5.75 Å². The fourth-order valence-electron chi connectivity index (χ4n) is 10.5. The number of benzene rings is 5. The van der Waals surface area contributed by atoms with Gasteiger partial charge in [-0.15, -0.1) is 0 Å². The van der Waals surface area contributed by atoms with Gasteiger partial charge in [0.2, 0.25) is 39.1 Å². The van der Waals surface area contributed by atoms with E-state index in [1.165, 1.54) is 32.2 Å². The van der Waals surface area contributed by atoms with Crippen molar-refractivity contribution in [2.24, 2.45) is 7.05 Å². The SMILES string of the molecule is COC(=O)[C@H](CNC(=O)c1cn(C)c2cc(CNc3nccn3C(c3ccccc3)(c3ccccc3)c3ccccc3)ccc2c1=O)NS(=O)(=O)c1c(C)cc(OCCCC(=O)NCCNC(=O)[C@H](CS(O)(O)O)NC(=O)CC[C@@H](C)NC(=O)OC(C)(C)C)cc1C. The Morgan fingerprint density at radius 1 is 0.739 bits per heavy atom. The van der Waals surface area contributed by atoms with Crippen LogP contribution in [-0.2, 0) is 57.8 Å². The molecule has 0 fully saturated rings. The number of amides is 5. The molecule has 5 aromatic carbocycles. The quantitative estimate of drug-likeness (QED) is 0.0125. The number of nitrogens with zero attached hydrogens (tertiary/aromatic N) is 3. The summed E-state index contributed by atoms with van der Waals surface area (Å²) in [7, 11) is -5.95. The normalized spacial score (nSPS) is 13.0. The van der Waals surface area contributed by atoms with Crippen molar-refractivity contribution in [1.29, 1.82) is 0 Å². The van der Waals surface area contributed by atoms with Gasteiger partial charge in [-0.2, -0.15) is 4.72 Å². The Hall–Kier alpha value is -9.12. The molecule has 0 aliphatic heterocycles. The van der Waals surface area contributed by atoms with E-state index in [2.05, 4.69) is 77.6 Å². The summed E-state index contributed by atoms with van der Waals surface area (Å²) < 4.78 is 79.0. The fraction of sp³-hybridized carbons (Fsp3) is 0.354. The minimum atomic E-state index is -4.48. The van der Waals surface area contributed by atoms with Gasteiger partial charge >= 0.3 is 12.1 Å². The molecule has 2 heterocycles. The molecule has 0 aliphatic rings. The van der Waals surface area contributed by atoms with Gasteiger partial charge in [-0.3, -0.25) is 33.3 Å². The predicted octanol–water partition coefficient (Wildman–Crippen LogP) is 6.85. The van der Waals surface area contributed by atoms with Crippen LogP contribution in [0.3, 0.4) is 0 Å². The molecule has 27 heteroatoms. The number of alkyl carbamates (subject to hydrolysis) is 1. The number of anilines is 1. The topological polar surface area (TPSA) is 349 Å². The third kappa shape index (κ3) is 18.8. The molecule has 0 spiro atoms. The average molecular weight is 1310 g/mol. The van der Waals surface area contributed by atoms with Crippen LogP contribution < -0.4 is 46.8 Å². The number of rotatable bonds is 30. The number of methoxy groups -OCH3 is 1. The van der Waals surface area contributed by atoms with E-state index < -0.39 is 104 Å². The van der Waals surface area contributed by atoms with Crippen molar-refractivity contribution < 1.29 is 65.1 Å². The minimum Gasteiger partial charge on any atom is -0.494 e. The number of pyridine rings is 1. The monoisotopic (exact) mass is 1300 g/mol. The number of hydrogen-bond donors (Lipinski definition) is 10. The van der Waals surface area contributed by atoms with Crippen LogP contribution in [0.4, 0.5) is 10.7 Å². The Balaban J connectivity index is 0.903. The van der Waals surface area contributed by atoms with Crippen LogP contribution in [0.2, 0.25) is 0 Å². The highest BCUT2D eigenvalue weighted by Crippen LogP contribution is 2.42. The lowest BCUT2D eigenvalue weighted by Gasteiger charge is -2.38. The number of fused-ring (bicyclic) bond motifs is 1. The first-order valence-electron chi connectivity index (χ1n) is 29.6. The summed E-state index contributed by atoms with van der Waals surface area (Å²) in [5.41, 5.74) is 2.50. The first-order chi connectivity index (χ1) is 43.6. The maximum atomic E-state index is 14.0. The van der Waals surface area contributed by atoms with Crippen molar-refractivity contribution in [2.75, 3.05) is 44.4 Å². The molecule has 92 heavy (non-hydrogen) atoms.